The third kappa shape index (κ3) is 4.20. The smallest absolute Gasteiger partial charge is 0.270 e. The molecule has 0 aromatic rings. The molecule has 0 radical (unpaired) electrons. The van der Waals surface area contributed by atoms with Crippen LogP contribution in [0.2, 0.25) is 0 Å². The zero-order valence-electron chi connectivity index (χ0n) is 7.26. The van der Waals surface area contributed by atoms with Crippen molar-refractivity contribution in [2.75, 3.05) is 0 Å². The van der Waals surface area contributed by atoms with Gasteiger partial charge in [0.2, 0.25) is 0 Å². The van der Waals surface area contributed by atoms with Crippen LogP contribution in [0, 0.1) is 0 Å². The SMILES string of the molecule is C=C/C=C(\C=C(/N)C=O)C(C)(F)F. The number of halogens is 2. The van der Waals surface area contributed by atoms with Gasteiger partial charge in [0.05, 0.1) is 5.70 Å². The lowest BCUT2D eigenvalue weighted by molar-refractivity contribution is -0.104. The van der Waals surface area contributed by atoms with Crippen molar-refractivity contribution in [2.45, 2.75) is 12.8 Å². The second-order valence-electron chi connectivity index (χ2n) is 2.51. The first-order chi connectivity index (χ1) is 5.91. The van der Waals surface area contributed by atoms with Crippen LogP contribution in [0.15, 0.2) is 36.1 Å². The molecular weight excluding hydrogens is 176 g/mol. The van der Waals surface area contributed by atoms with Gasteiger partial charge in [-0.15, -0.1) is 0 Å². The minimum Gasteiger partial charge on any atom is -0.396 e. The Morgan fingerprint density at radius 1 is 1.54 bits per heavy atom. The Balaban J connectivity index is 4.96. The molecule has 2 N–H and O–H groups in total. The number of allylic oxidation sites excluding steroid dienone is 5. The number of carbonyl (C=O) groups is 1. The molecule has 0 amide bonds. The van der Waals surface area contributed by atoms with Gasteiger partial charge in [-0.1, -0.05) is 18.7 Å². The summed E-state index contributed by atoms with van der Waals surface area (Å²) in [7, 11) is 0. The summed E-state index contributed by atoms with van der Waals surface area (Å²) in [5.74, 6) is -3.03. The largest absolute Gasteiger partial charge is 0.396 e. The van der Waals surface area contributed by atoms with Gasteiger partial charge < -0.3 is 5.73 Å². The summed E-state index contributed by atoms with van der Waals surface area (Å²) in [5, 5.41) is 0. The van der Waals surface area contributed by atoms with Crippen LogP contribution in [0.5, 0.6) is 0 Å². The van der Waals surface area contributed by atoms with Gasteiger partial charge >= 0.3 is 0 Å². The van der Waals surface area contributed by atoms with Gasteiger partial charge in [-0.2, -0.15) is 0 Å². The van der Waals surface area contributed by atoms with E-state index < -0.39 is 5.92 Å². The van der Waals surface area contributed by atoms with Crippen LogP contribution in [0.1, 0.15) is 6.92 Å². The van der Waals surface area contributed by atoms with Gasteiger partial charge in [0, 0.05) is 12.5 Å². The summed E-state index contributed by atoms with van der Waals surface area (Å²) in [6.07, 6.45) is 3.55. The van der Waals surface area contributed by atoms with Gasteiger partial charge in [0.1, 0.15) is 0 Å². The van der Waals surface area contributed by atoms with Crippen LogP contribution in [-0.2, 0) is 4.79 Å². The maximum atomic E-state index is 12.7. The zero-order valence-corrected chi connectivity index (χ0v) is 7.26. The van der Waals surface area contributed by atoms with Crippen molar-refractivity contribution in [2.24, 2.45) is 5.73 Å². The van der Waals surface area contributed by atoms with E-state index in [1.165, 1.54) is 6.08 Å². The number of aldehydes is 1. The third-order valence-electron chi connectivity index (χ3n) is 1.26. The predicted octanol–water partition coefficient (Wildman–Crippen LogP) is 1.80. The Bertz CT molecular complexity index is 261. The lowest BCUT2D eigenvalue weighted by Gasteiger charge is -2.10. The van der Waals surface area contributed by atoms with Gasteiger partial charge in [-0.05, 0) is 6.08 Å². The summed E-state index contributed by atoms with van der Waals surface area (Å²) in [6, 6.07) is 0. The lowest BCUT2D eigenvalue weighted by Crippen LogP contribution is -2.14. The molecule has 0 spiro atoms. The molecule has 0 aromatic carbocycles. The lowest BCUT2D eigenvalue weighted by atomic mass is 10.1. The van der Waals surface area contributed by atoms with Crippen molar-refractivity contribution in [1.82, 2.24) is 0 Å². The van der Waals surface area contributed by atoms with E-state index >= 15 is 0 Å². The van der Waals surface area contributed by atoms with E-state index in [1.807, 2.05) is 0 Å². The molecule has 72 valence electrons. The fourth-order valence-corrected chi connectivity index (χ4v) is 0.662. The molecule has 0 aromatic heterocycles. The summed E-state index contributed by atoms with van der Waals surface area (Å²) >= 11 is 0. The van der Waals surface area contributed by atoms with E-state index in [4.69, 9.17) is 5.73 Å². The maximum absolute atomic E-state index is 12.7. The van der Waals surface area contributed by atoms with Crippen molar-refractivity contribution >= 4 is 6.29 Å². The van der Waals surface area contributed by atoms with Crippen LogP contribution < -0.4 is 5.73 Å². The highest BCUT2D eigenvalue weighted by molar-refractivity contribution is 5.72. The Labute approximate surface area is 75.4 Å². The van der Waals surface area contributed by atoms with Crippen molar-refractivity contribution in [1.29, 1.82) is 0 Å². The highest BCUT2D eigenvalue weighted by Gasteiger charge is 2.25. The maximum Gasteiger partial charge on any atom is 0.270 e. The summed E-state index contributed by atoms with van der Waals surface area (Å²) in [6.45, 7) is 4.00. The van der Waals surface area contributed by atoms with Crippen molar-refractivity contribution in [3.8, 4) is 0 Å². The number of nitrogens with two attached hydrogens (primary N) is 1. The fraction of sp³-hybridized carbons (Fsp3) is 0.222. The van der Waals surface area contributed by atoms with Crippen LogP contribution >= 0.6 is 0 Å². The average Bonchev–Trinajstić information content (AvgIpc) is 2.01. The molecule has 13 heavy (non-hydrogen) atoms. The highest BCUT2D eigenvalue weighted by Crippen LogP contribution is 2.24. The van der Waals surface area contributed by atoms with Crippen LogP contribution in [0.4, 0.5) is 8.78 Å². The molecule has 0 heterocycles. The molecule has 0 fully saturated rings. The quantitative estimate of drug-likeness (QED) is 0.414. The van der Waals surface area contributed by atoms with E-state index in [-0.39, 0.29) is 11.3 Å². The van der Waals surface area contributed by atoms with Crippen molar-refractivity contribution < 1.29 is 13.6 Å². The number of carbonyl (C=O) groups excluding carboxylic acids is 1. The van der Waals surface area contributed by atoms with E-state index in [0.29, 0.717) is 6.29 Å². The second kappa shape index (κ2) is 4.54. The second-order valence-corrected chi connectivity index (χ2v) is 2.51. The Kier molecular flexibility index (Phi) is 4.04. The number of hydrogen-bond acceptors (Lipinski definition) is 2. The molecular formula is C9H11F2NO. The molecule has 4 heteroatoms. The van der Waals surface area contributed by atoms with E-state index in [0.717, 1.165) is 19.1 Å². The Morgan fingerprint density at radius 3 is 2.38 bits per heavy atom. The fourth-order valence-electron chi connectivity index (χ4n) is 0.662. The molecule has 0 aliphatic heterocycles. The number of rotatable bonds is 4. The molecule has 0 bridgehead atoms. The van der Waals surface area contributed by atoms with Crippen molar-refractivity contribution in [3.05, 3.63) is 36.1 Å². The standard InChI is InChI=1S/C9H11F2NO/c1-3-4-7(9(2,10)11)5-8(12)6-13/h3-6H,1,12H2,2H3/b7-4+,8-5-. The summed E-state index contributed by atoms with van der Waals surface area (Å²) < 4.78 is 25.5. The molecule has 0 aliphatic rings. The van der Waals surface area contributed by atoms with Crippen LogP contribution in [-0.4, -0.2) is 12.2 Å². The van der Waals surface area contributed by atoms with E-state index in [1.54, 1.807) is 0 Å². The van der Waals surface area contributed by atoms with Crippen LogP contribution in [0.25, 0.3) is 0 Å². The molecule has 0 saturated heterocycles. The number of alkyl halides is 2. The molecule has 2 nitrogen and oxygen atoms in total. The molecule has 0 saturated carbocycles. The first-order valence-electron chi connectivity index (χ1n) is 3.55. The molecule has 0 aliphatic carbocycles. The minimum absolute atomic E-state index is 0.241. The molecule has 0 unspecified atom stereocenters. The van der Waals surface area contributed by atoms with Gasteiger partial charge in [-0.3, -0.25) is 4.79 Å². The Hall–Kier alpha value is -1.45. The zero-order chi connectivity index (χ0) is 10.5. The topological polar surface area (TPSA) is 43.1 Å². The summed E-state index contributed by atoms with van der Waals surface area (Å²) in [4.78, 5) is 10.1. The number of hydrogen-bond donors (Lipinski definition) is 1. The first-order valence-corrected chi connectivity index (χ1v) is 3.55. The third-order valence-corrected chi connectivity index (χ3v) is 1.26. The van der Waals surface area contributed by atoms with Gasteiger partial charge in [0.25, 0.3) is 5.92 Å². The Morgan fingerprint density at radius 2 is 2.08 bits per heavy atom. The van der Waals surface area contributed by atoms with Gasteiger partial charge in [-0.25, -0.2) is 8.78 Å². The minimum atomic E-state index is -3.03. The van der Waals surface area contributed by atoms with Crippen LogP contribution in [0.3, 0.4) is 0 Å². The normalized spacial score (nSPS) is 14.1. The average molecular weight is 187 g/mol. The predicted molar refractivity (Wildman–Crippen MR) is 47.2 cm³/mol. The molecule has 0 atom stereocenters. The summed E-state index contributed by atoms with van der Waals surface area (Å²) in [5.41, 5.74) is 4.50. The van der Waals surface area contributed by atoms with Crippen molar-refractivity contribution in [3.63, 3.8) is 0 Å². The molecule has 0 rings (SSSR count). The first kappa shape index (κ1) is 11.6. The highest BCUT2D eigenvalue weighted by atomic mass is 19.3. The van der Waals surface area contributed by atoms with Gasteiger partial charge in [0.15, 0.2) is 6.29 Å². The van der Waals surface area contributed by atoms with E-state index in [9.17, 15) is 13.6 Å². The monoisotopic (exact) mass is 187 g/mol. The van der Waals surface area contributed by atoms with E-state index in [2.05, 4.69) is 6.58 Å².